The highest BCUT2D eigenvalue weighted by atomic mass is 19.4. The van der Waals surface area contributed by atoms with Crippen LogP contribution in [0.15, 0.2) is 30.5 Å². The molecular formula is C18H22F3N5O. The van der Waals surface area contributed by atoms with E-state index >= 15 is 0 Å². The number of hydrogen-bond donors (Lipinski definition) is 1. The molecule has 1 aromatic heterocycles. The number of amides is 1. The van der Waals surface area contributed by atoms with E-state index in [1.165, 1.54) is 23.0 Å². The molecule has 2 aromatic rings. The first-order valence-electron chi connectivity index (χ1n) is 8.98. The standard InChI is InChI=1S/C18H22F3N5O/c1-2-22-11-13-6-8-25(9-7-13)17(27)16-12-26(24-23-16)15-5-3-4-14(10-15)18(19,20)21/h3-5,10,12-13,22H,2,6-9,11H2,1H3. The molecule has 0 bridgehead atoms. The van der Waals surface area contributed by atoms with Gasteiger partial charge in [0.15, 0.2) is 5.69 Å². The van der Waals surface area contributed by atoms with Crippen LogP contribution in [0.1, 0.15) is 35.8 Å². The molecule has 6 nitrogen and oxygen atoms in total. The number of rotatable bonds is 5. The van der Waals surface area contributed by atoms with Gasteiger partial charge in [-0.1, -0.05) is 18.2 Å². The zero-order chi connectivity index (χ0) is 19.4. The molecule has 1 amide bonds. The van der Waals surface area contributed by atoms with Crippen molar-refractivity contribution in [2.24, 2.45) is 5.92 Å². The first-order chi connectivity index (χ1) is 12.9. The van der Waals surface area contributed by atoms with Crippen molar-refractivity contribution in [3.63, 3.8) is 0 Å². The van der Waals surface area contributed by atoms with Crippen LogP contribution in [0.25, 0.3) is 5.69 Å². The van der Waals surface area contributed by atoms with E-state index in [2.05, 4.69) is 22.6 Å². The number of hydrogen-bond acceptors (Lipinski definition) is 4. The molecule has 0 atom stereocenters. The van der Waals surface area contributed by atoms with Gasteiger partial charge in [0.05, 0.1) is 17.4 Å². The second-order valence-electron chi connectivity index (χ2n) is 6.64. The lowest BCUT2D eigenvalue weighted by Gasteiger charge is -2.31. The quantitative estimate of drug-likeness (QED) is 0.865. The van der Waals surface area contributed by atoms with Crippen LogP contribution in [0, 0.1) is 5.92 Å². The van der Waals surface area contributed by atoms with Crippen molar-refractivity contribution in [1.82, 2.24) is 25.2 Å². The third-order valence-electron chi connectivity index (χ3n) is 4.74. The molecule has 1 saturated heterocycles. The Morgan fingerprint density at radius 1 is 1.30 bits per heavy atom. The fourth-order valence-electron chi connectivity index (χ4n) is 3.16. The van der Waals surface area contributed by atoms with Gasteiger partial charge in [0, 0.05) is 13.1 Å². The largest absolute Gasteiger partial charge is 0.416 e. The van der Waals surface area contributed by atoms with Crippen LogP contribution >= 0.6 is 0 Å². The molecule has 2 heterocycles. The summed E-state index contributed by atoms with van der Waals surface area (Å²) in [5.41, 5.74) is -0.426. The number of nitrogens with zero attached hydrogens (tertiary/aromatic N) is 4. The maximum absolute atomic E-state index is 12.9. The van der Waals surface area contributed by atoms with E-state index in [1.807, 2.05) is 0 Å². The number of nitrogens with one attached hydrogen (secondary N) is 1. The van der Waals surface area contributed by atoms with Gasteiger partial charge in [-0.25, -0.2) is 4.68 Å². The van der Waals surface area contributed by atoms with Gasteiger partial charge in [0.1, 0.15) is 0 Å². The summed E-state index contributed by atoms with van der Waals surface area (Å²) >= 11 is 0. The molecule has 0 unspecified atom stereocenters. The maximum Gasteiger partial charge on any atom is 0.416 e. The number of benzene rings is 1. The van der Waals surface area contributed by atoms with Crippen LogP contribution < -0.4 is 5.32 Å². The molecule has 1 fully saturated rings. The van der Waals surface area contributed by atoms with Crippen molar-refractivity contribution in [1.29, 1.82) is 0 Å². The summed E-state index contributed by atoms with van der Waals surface area (Å²) in [6.45, 7) is 5.23. The van der Waals surface area contributed by atoms with E-state index in [4.69, 9.17) is 0 Å². The number of piperidine rings is 1. The average molecular weight is 381 g/mol. The Kier molecular flexibility index (Phi) is 5.79. The fraction of sp³-hybridized carbons (Fsp3) is 0.500. The minimum absolute atomic E-state index is 0.137. The molecule has 0 radical (unpaired) electrons. The second-order valence-corrected chi connectivity index (χ2v) is 6.64. The zero-order valence-corrected chi connectivity index (χ0v) is 15.0. The van der Waals surface area contributed by atoms with Crippen molar-refractivity contribution >= 4 is 5.91 Å². The number of halogens is 3. The Morgan fingerprint density at radius 3 is 2.70 bits per heavy atom. The van der Waals surface area contributed by atoms with Gasteiger partial charge in [-0.2, -0.15) is 13.2 Å². The Bertz CT molecular complexity index is 781. The van der Waals surface area contributed by atoms with Gasteiger partial charge in [-0.3, -0.25) is 4.79 Å². The molecular weight excluding hydrogens is 359 g/mol. The number of likely N-dealkylation sites (tertiary alicyclic amines) is 1. The summed E-state index contributed by atoms with van der Waals surface area (Å²) in [7, 11) is 0. The van der Waals surface area contributed by atoms with E-state index in [-0.39, 0.29) is 17.3 Å². The predicted octanol–water partition coefficient (Wildman–Crippen LogP) is 2.75. The highest BCUT2D eigenvalue weighted by Crippen LogP contribution is 2.30. The second kappa shape index (κ2) is 8.08. The van der Waals surface area contributed by atoms with Crippen LogP contribution in [-0.4, -0.2) is 52.0 Å². The first-order valence-corrected chi connectivity index (χ1v) is 8.98. The molecule has 27 heavy (non-hydrogen) atoms. The van der Waals surface area contributed by atoms with Crippen molar-refractivity contribution in [2.75, 3.05) is 26.2 Å². The third kappa shape index (κ3) is 4.65. The summed E-state index contributed by atoms with van der Waals surface area (Å²) in [5.74, 6) is 0.310. The Morgan fingerprint density at radius 2 is 2.04 bits per heavy atom. The first kappa shape index (κ1) is 19.3. The molecule has 1 aromatic carbocycles. The highest BCUT2D eigenvalue weighted by molar-refractivity contribution is 5.92. The minimum Gasteiger partial charge on any atom is -0.337 e. The Labute approximate surface area is 155 Å². The van der Waals surface area contributed by atoms with Gasteiger partial charge in [-0.15, -0.1) is 5.10 Å². The van der Waals surface area contributed by atoms with Gasteiger partial charge in [-0.05, 0) is 50.0 Å². The summed E-state index contributed by atoms with van der Waals surface area (Å²) < 4.78 is 39.8. The molecule has 1 aliphatic rings. The van der Waals surface area contributed by atoms with Crippen LogP contribution in [0.2, 0.25) is 0 Å². The van der Waals surface area contributed by atoms with E-state index in [0.29, 0.717) is 19.0 Å². The molecule has 0 saturated carbocycles. The lowest BCUT2D eigenvalue weighted by atomic mass is 9.96. The normalized spacial score (nSPS) is 15.9. The van der Waals surface area contributed by atoms with E-state index < -0.39 is 11.7 Å². The third-order valence-corrected chi connectivity index (χ3v) is 4.74. The molecule has 0 spiro atoms. The van der Waals surface area contributed by atoms with Crippen molar-refractivity contribution in [3.8, 4) is 5.69 Å². The summed E-state index contributed by atoms with van der Waals surface area (Å²) in [6.07, 6.45) is -1.23. The molecule has 9 heteroatoms. The lowest BCUT2D eigenvalue weighted by Crippen LogP contribution is -2.40. The van der Waals surface area contributed by atoms with Gasteiger partial charge >= 0.3 is 6.18 Å². The average Bonchev–Trinajstić information content (AvgIpc) is 3.16. The minimum atomic E-state index is -4.44. The molecule has 0 aliphatic carbocycles. The van der Waals surface area contributed by atoms with Crippen molar-refractivity contribution in [3.05, 3.63) is 41.7 Å². The van der Waals surface area contributed by atoms with Crippen LogP contribution in [0.3, 0.4) is 0 Å². The molecule has 1 aliphatic heterocycles. The van der Waals surface area contributed by atoms with Crippen LogP contribution in [-0.2, 0) is 6.18 Å². The van der Waals surface area contributed by atoms with Crippen LogP contribution in [0.5, 0.6) is 0 Å². The number of aromatic nitrogens is 3. The van der Waals surface area contributed by atoms with Crippen LogP contribution in [0.4, 0.5) is 13.2 Å². The SMILES string of the molecule is CCNCC1CCN(C(=O)c2cn(-c3cccc(C(F)(F)F)c3)nn2)CC1. The maximum atomic E-state index is 12.9. The predicted molar refractivity (Wildman–Crippen MR) is 93.5 cm³/mol. The lowest BCUT2D eigenvalue weighted by molar-refractivity contribution is -0.137. The van der Waals surface area contributed by atoms with Crippen molar-refractivity contribution in [2.45, 2.75) is 25.9 Å². The monoisotopic (exact) mass is 381 g/mol. The Hall–Kier alpha value is -2.42. The Balaban J connectivity index is 1.67. The fourth-order valence-corrected chi connectivity index (χ4v) is 3.16. The summed E-state index contributed by atoms with van der Waals surface area (Å²) in [6, 6.07) is 4.76. The van der Waals surface area contributed by atoms with Crippen molar-refractivity contribution < 1.29 is 18.0 Å². The summed E-state index contributed by atoms with van der Waals surface area (Å²) in [5, 5.41) is 11.0. The van der Waals surface area contributed by atoms with E-state index in [9.17, 15) is 18.0 Å². The topological polar surface area (TPSA) is 63.1 Å². The van der Waals surface area contributed by atoms with Gasteiger partial charge in [0.25, 0.3) is 5.91 Å². The van der Waals surface area contributed by atoms with E-state index in [1.54, 1.807) is 4.90 Å². The van der Waals surface area contributed by atoms with E-state index in [0.717, 1.165) is 38.1 Å². The summed E-state index contributed by atoms with van der Waals surface area (Å²) in [4.78, 5) is 14.3. The van der Waals surface area contributed by atoms with Gasteiger partial charge in [0.2, 0.25) is 0 Å². The number of carbonyl (C=O) groups excluding carboxylic acids is 1. The zero-order valence-electron chi connectivity index (χ0n) is 15.0. The molecule has 1 N–H and O–H groups in total. The molecule has 146 valence electrons. The highest BCUT2D eigenvalue weighted by Gasteiger charge is 2.31. The number of carbonyl (C=O) groups is 1. The smallest absolute Gasteiger partial charge is 0.337 e. The molecule has 3 rings (SSSR count). The van der Waals surface area contributed by atoms with Gasteiger partial charge < -0.3 is 10.2 Å². The number of alkyl halides is 3.